The van der Waals surface area contributed by atoms with Crippen LogP contribution in [0.25, 0.3) is 21.7 Å². The van der Waals surface area contributed by atoms with E-state index in [-0.39, 0.29) is 0 Å². The standard InChI is InChI=1S/C15H12N6S/c1-2-13(21-14-10(1)3-4-18-14)19-7-11-9-22-15(20-11)12-8-16-5-6-17-12/h1-6,8-9H,7H2,(H2,18,19,21). The molecule has 0 aliphatic carbocycles. The zero-order chi connectivity index (χ0) is 14.8. The summed E-state index contributed by atoms with van der Waals surface area (Å²) in [6.45, 7) is 0.621. The lowest BCUT2D eigenvalue weighted by Crippen LogP contribution is -2.01. The Labute approximate surface area is 130 Å². The van der Waals surface area contributed by atoms with Crippen molar-refractivity contribution < 1.29 is 0 Å². The molecule has 4 rings (SSSR count). The molecule has 0 atom stereocenters. The smallest absolute Gasteiger partial charge is 0.143 e. The van der Waals surface area contributed by atoms with Gasteiger partial charge in [0.05, 0.1) is 18.4 Å². The van der Waals surface area contributed by atoms with Gasteiger partial charge in [0.25, 0.3) is 0 Å². The van der Waals surface area contributed by atoms with Crippen LogP contribution in [0.5, 0.6) is 0 Å². The van der Waals surface area contributed by atoms with Crippen LogP contribution in [0.15, 0.2) is 48.4 Å². The van der Waals surface area contributed by atoms with Crippen LogP contribution in [-0.2, 0) is 6.54 Å². The van der Waals surface area contributed by atoms with Gasteiger partial charge in [0.2, 0.25) is 0 Å². The molecule has 0 saturated carbocycles. The van der Waals surface area contributed by atoms with E-state index in [1.165, 1.54) is 0 Å². The van der Waals surface area contributed by atoms with Crippen molar-refractivity contribution in [2.45, 2.75) is 6.54 Å². The normalized spacial score (nSPS) is 10.9. The van der Waals surface area contributed by atoms with Crippen molar-refractivity contribution in [3.05, 3.63) is 54.1 Å². The number of hydrogen-bond acceptors (Lipinski definition) is 6. The van der Waals surface area contributed by atoms with Crippen LogP contribution in [0.1, 0.15) is 5.69 Å². The number of H-pyrrole nitrogens is 1. The first-order valence-electron chi connectivity index (χ1n) is 6.77. The van der Waals surface area contributed by atoms with Crippen molar-refractivity contribution in [1.29, 1.82) is 0 Å². The van der Waals surface area contributed by atoms with Gasteiger partial charge in [-0.3, -0.25) is 9.97 Å². The van der Waals surface area contributed by atoms with E-state index in [4.69, 9.17) is 0 Å². The van der Waals surface area contributed by atoms with E-state index in [0.29, 0.717) is 6.54 Å². The Kier molecular flexibility index (Phi) is 3.24. The van der Waals surface area contributed by atoms with Crippen molar-refractivity contribution in [1.82, 2.24) is 24.9 Å². The van der Waals surface area contributed by atoms with Gasteiger partial charge < -0.3 is 10.3 Å². The molecule has 2 N–H and O–H groups in total. The lowest BCUT2D eigenvalue weighted by atomic mass is 10.3. The summed E-state index contributed by atoms with van der Waals surface area (Å²) in [6, 6.07) is 6.00. The molecule has 22 heavy (non-hydrogen) atoms. The number of anilines is 1. The van der Waals surface area contributed by atoms with Gasteiger partial charge in [-0.15, -0.1) is 11.3 Å². The molecule has 0 radical (unpaired) electrons. The van der Waals surface area contributed by atoms with E-state index in [1.807, 2.05) is 29.8 Å². The second-order valence-electron chi connectivity index (χ2n) is 4.70. The first kappa shape index (κ1) is 12.9. The highest BCUT2D eigenvalue weighted by molar-refractivity contribution is 7.13. The molecule has 0 aliphatic rings. The fraction of sp³-hybridized carbons (Fsp3) is 0.0667. The monoisotopic (exact) mass is 308 g/mol. The highest BCUT2D eigenvalue weighted by Crippen LogP contribution is 2.21. The van der Waals surface area contributed by atoms with Gasteiger partial charge in [-0.2, -0.15) is 0 Å². The molecule has 6 nitrogen and oxygen atoms in total. The molecule has 0 aliphatic heterocycles. The molecule has 7 heteroatoms. The fourth-order valence-electron chi connectivity index (χ4n) is 2.13. The van der Waals surface area contributed by atoms with Crippen LogP contribution in [-0.4, -0.2) is 24.9 Å². The Morgan fingerprint density at radius 3 is 3.05 bits per heavy atom. The Morgan fingerprint density at radius 1 is 1.14 bits per heavy atom. The molecule has 4 heterocycles. The van der Waals surface area contributed by atoms with Crippen molar-refractivity contribution in [2.75, 3.05) is 5.32 Å². The molecule has 4 aromatic heterocycles. The van der Waals surface area contributed by atoms with Gasteiger partial charge in [-0.25, -0.2) is 9.97 Å². The summed E-state index contributed by atoms with van der Waals surface area (Å²) in [5.74, 6) is 0.823. The maximum absolute atomic E-state index is 4.57. The molecule has 108 valence electrons. The molecule has 0 amide bonds. The van der Waals surface area contributed by atoms with Crippen LogP contribution in [0.3, 0.4) is 0 Å². The maximum atomic E-state index is 4.57. The molecule has 0 bridgehead atoms. The molecule has 0 unspecified atom stereocenters. The molecular formula is C15H12N6S. The largest absolute Gasteiger partial charge is 0.364 e. The third-order valence-corrected chi connectivity index (χ3v) is 4.11. The van der Waals surface area contributed by atoms with Crippen LogP contribution in [0.4, 0.5) is 5.82 Å². The summed E-state index contributed by atoms with van der Waals surface area (Å²) in [6.07, 6.45) is 6.93. The van der Waals surface area contributed by atoms with E-state index in [2.05, 4.69) is 30.2 Å². The second kappa shape index (κ2) is 5.53. The number of fused-ring (bicyclic) bond motifs is 1. The van der Waals surface area contributed by atoms with Crippen molar-refractivity contribution in [2.24, 2.45) is 0 Å². The van der Waals surface area contributed by atoms with Gasteiger partial charge in [-0.05, 0) is 18.2 Å². The van der Waals surface area contributed by atoms with E-state index in [1.54, 1.807) is 29.9 Å². The maximum Gasteiger partial charge on any atom is 0.143 e. The minimum absolute atomic E-state index is 0.621. The number of thiazole rings is 1. The Morgan fingerprint density at radius 2 is 2.14 bits per heavy atom. The predicted octanol–water partition coefficient (Wildman–Crippen LogP) is 3.09. The summed E-state index contributed by atoms with van der Waals surface area (Å²) in [4.78, 5) is 20.5. The van der Waals surface area contributed by atoms with Crippen molar-refractivity contribution >= 4 is 28.2 Å². The Hall–Kier alpha value is -2.80. The topological polar surface area (TPSA) is 79.4 Å². The molecule has 0 fully saturated rings. The summed E-state index contributed by atoms with van der Waals surface area (Å²) < 4.78 is 0. The van der Waals surface area contributed by atoms with E-state index < -0.39 is 0 Å². The molecule has 0 aromatic carbocycles. The average molecular weight is 308 g/mol. The summed E-state index contributed by atoms with van der Waals surface area (Å²) in [7, 11) is 0. The first-order chi connectivity index (χ1) is 10.9. The Balaban J connectivity index is 1.48. The summed E-state index contributed by atoms with van der Waals surface area (Å²) in [5, 5.41) is 7.28. The van der Waals surface area contributed by atoms with E-state index >= 15 is 0 Å². The number of nitrogens with one attached hydrogen (secondary N) is 2. The summed E-state index contributed by atoms with van der Waals surface area (Å²) in [5.41, 5.74) is 2.63. The summed E-state index contributed by atoms with van der Waals surface area (Å²) >= 11 is 1.56. The number of hydrogen-bond donors (Lipinski definition) is 2. The SMILES string of the molecule is c1cnc(-c2nc(CNc3ccc4cc[nH]c4n3)cs2)cn1. The highest BCUT2D eigenvalue weighted by atomic mass is 32.1. The Bertz CT molecular complexity index is 898. The first-order valence-corrected chi connectivity index (χ1v) is 7.65. The van der Waals surface area contributed by atoms with Crippen LogP contribution in [0.2, 0.25) is 0 Å². The number of pyridine rings is 1. The minimum Gasteiger partial charge on any atom is -0.364 e. The third-order valence-electron chi connectivity index (χ3n) is 3.19. The second-order valence-corrected chi connectivity index (χ2v) is 5.56. The van der Waals surface area contributed by atoms with Crippen LogP contribution < -0.4 is 5.32 Å². The number of rotatable bonds is 4. The molecular weight excluding hydrogens is 296 g/mol. The minimum atomic E-state index is 0.621. The van der Waals surface area contributed by atoms with Gasteiger partial charge >= 0.3 is 0 Å². The number of aromatic nitrogens is 5. The van der Waals surface area contributed by atoms with Crippen LogP contribution in [0, 0.1) is 0 Å². The van der Waals surface area contributed by atoms with Gasteiger partial charge in [0.15, 0.2) is 0 Å². The van der Waals surface area contributed by atoms with Crippen molar-refractivity contribution in [3.63, 3.8) is 0 Å². The lowest BCUT2D eigenvalue weighted by Gasteiger charge is -2.03. The van der Waals surface area contributed by atoms with E-state index in [9.17, 15) is 0 Å². The molecule has 0 spiro atoms. The highest BCUT2D eigenvalue weighted by Gasteiger charge is 2.06. The number of nitrogens with zero attached hydrogens (tertiary/aromatic N) is 4. The molecule has 4 aromatic rings. The van der Waals surface area contributed by atoms with Crippen molar-refractivity contribution in [3.8, 4) is 10.7 Å². The predicted molar refractivity (Wildman–Crippen MR) is 86.6 cm³/mol. The quantitative estimate of drug-likeness (QED) is 0.605. The zero-order valence-corrected chi connectivity index (χ0v) is 12.3. The lowest BCUT2D eigenvalue weighted by molar-refractivity contribution is 1.05. The number of aromatic amines is 1. The zero-order valence-electron chi connectivity index (χ0n) is 11.5. The fourth-order valence-corrected chi connectivity index (χ4v) is 2.91. The van der Waals surface area contributed by atoms with Gasteiger partial charge in [0.1, 0.15) is 22.2 Å². The van der Waals surface area contributed by atoms with Gasteiger partial charge in [-0.1, -0.05) is 0 Å². The third kappa shape index (κ3) is 2.53. The van der Waals surface area contributed by atoms with Gasteiger partial charge in [0, 0.05) is 29.4 Å². The molecule has 0 saturated heterocycles. The van der Waals surface area contributed by atoms with Crippen LogP contribution >= 0.6 is 11.3 Å². The average Bonchev–Trinajstić information content (AvgIpc) is 3.22. The van der Waals surface area contributed by atoms with E-state index in [0.717, 1.165) is 33.2 Å².